The predicted octanol–water partition coefficient (Wildman–Crippen LogP) is 5.17. The summed E-state index contributed by atoms with van der Waals surface area (Å²) in [4.78, 5) is 24.0. The molecule has 0 aliphatic rings. The highest BCUT2D eigenvalue weighted by Gasteiger charge is 2.34. The average Bonchev–Trinajstić information content (AvgIpc) is 3.42. The summed E-state index contributed by atoms with van der Waals surface area (Å²) in [5.74, 6) is 0.484. The summed E-state index contributed by atoms with van der Waals surface area (Å²) in [7, 11) is 0. The van der Waals surface area contributed by atoms with Gasteiger partial charge >= 0.3 is 6.18 Å². The lowest BCUT2D eigenvalue weighted by molar-refractivity contribution is -0.140. The number of amides is 1. The van der Waals surface area contributed by atoms with Crippen LogP contribution in [0.2, 0.25) is 0 Å². The zero-order valence-corrected chi connectivity index (χ0v) is 18.5. The van der Waals surface area contributed by atoms with Crippen molar-refractivity contribution in [2.75, 3.05) is 5.32 Å². The number of nitrogens with zero attached hydrogens (tertiary/aromatic N) is 5. The molecule has 4 aromatic rings. The molecule has 4 heterocycles. The minimum absolute atomic E-state index is 0.132. The van der Waals surface area contributed by atoms with Crippen molar-refractivity contribution in [2.45, 2.75) is 33.4 Å². The van der Waals surface area contributed by atoms with Crippen molar-refractivity contribution in [1.82, 2.24) is 25.1 Å². The molecule has 4 rings (SSSR count). The van der Waals surface area contributed by atoms with Crippen LogP contribution in [0.1, 0.15) is 31.1 Å². The van der Waals surface area contributed by atoms with Crippen LogP contribution < -0.4 is 5.32 Å². The Kier molecular flexibility index (Phi) is 5.93. The smallest absolute Gasteiger partial charge is 0.421 e. The van der Waals surface area contributed by atoms with Crippen molar-refractivity contribution in [3.63, 3.8) is 0 Å². The Hall–Kier alpha value is -3.67. The van der Waals surface area contributed by atoms with E-state index in [0.29, 0.717) is 40.3 Å². The van der Waals surface area contributed by atoms with Gasteiger partial charge in [-0.15, -0.1) is 21.5 Å². The van der Waals surface area contributed by atoms with E-state index in [1.54, 1.807) is 19.2 Å². The predicted molar refractivity (Wildman–Crippen MR) is 115 cm³/mol. The lowest BCUT2D eigenvalue weighted by atomic mass is 9.98. The van der Waals surface area contributed by atoms with Crippen LogP contribution in [0.25, 0.3) is 33.2 Å². The number of thiazole rings is 1. The molecule has 0 saturated carbocycles. The maximum atomic E-state index is 13.2. The molecule has 12 heteroatoms. The van der Waals surface area contributed by atoms with E-state index in [1.807, 2.05) is 6.92 Å². The van der Waals surface area contributed by atoms with Crippen molar-refractivity contribution >= 4 is 23.1 Å². The average molecular weight is 474 g/mol. The molecule has 0 unspecified atom stereocenters. The van der Waals surface area contributed by atoms with Gasteiger partial charge in [0.15, 0.2) is 5.69 Å². The first-order chi connectivity index (χ1) is 15.7. The van der Waals surface area contributed by atoms with Crippen LogP contribution in [-0.4, -0.2) is 31.1 Å². The molecule has 0 fully saturated rings. The highest BCUT2D eigenvalue weighted by atomic mass is 32.1. The van der Waals surface area contributed by atoms with Crippen LogP contribution in [0.5, 0.6) is 0 Å². The Labute approximate surface area is 190 Å². The van der Waals surface area contributed by atoms with E-state index in [-0.39, 0.29) is 22.6 Å². The number of nitrogens with one attached hydrogen (secondary N) is 1. The topological polar surface area (TPSA) is 107 Å². The largest absolute Gasteiger partial charge is 0.434 e. The standard InChI is InChI=1S/C21H17F3N6O2S/c1-4-16-13(5-12(7-25-16)19-30-29-11(3)32-19)15-8-26-18(27-10(2)31)6-14(15)20-28-17(9-33-20)21(22,23)24/h5-9H,4H2,1-3H3,(H,26,27,31). The van der Waals surface area contributed by atoms with Gasteiger partial charge in [-0.2, -0.15) is 13.2 Å². The minimum atomic E-state index is -4.58. The molecule has 0 saturated heterocycles. The normalized spacial score (nSPS) is 11.6. The number of pyridine rings is 2. The molecule has 0 aliphatic heterocycles. The van der Waals surface area contributed by atoms with Crippen molar-refractivity contribution < 1.29 is 22.4 Å². The SMILES string of the molecule is CCc1ncc(-c2nnc(C)o2)cc1-c1cnc(NC(C)=O)cc1-c1nc(C(F)(F)F)cs1. The Morgan fingerprint density at radius 3 is 2.52 bits per heavy atom. The van der Waals surface area contributed by atoms with Crippen LogP contribution in [-0.2, 0) is 17.4 Å². The van der Waals surface area contributed by atoms with E-state index in [4.69, 9.17) is 4.42 Å². The highest BCUT2D eigenvalue weighted by molar-refractivity contribution is 7.13. The van der Waals surface area contributed by atoms with Gasteiger partial charge in [0, 0.05) is 54.0 Å². The number of aromatic nitrogens is 5. The number of aryl methyl sites for hydroxylation is 2. The minimum Gasteiger partial charge on any atom is -0.421 e. The van der Waals surface area contributed by atoms with Crippen molar-refractivity contribution in [2.24, 2.45) is 0 Å². The fourth-order valence-corrected chi connectivity index (χ4v) is 4.02. The van der Waals surface area contributed by atoms with E-state index >= 15 is 0 Å². The summed E-state index contributed by atoms with van der Waals surface area (Å²) in [6, 6.07) is 3.27. The third-order valence-corrected chi connectivity index (χ3v) is 5.48. The van der Waals surface area contributed by atoms with Crippen molar-refractivity contribution in [1.29, 1.82) is 0 Å². The van der Waals surface area contributed by atoms with E-state index in [2.05, 4.69) is 30.5 Å². The monoisotopic (exact) mass is 474 g/mol. The van der Waals surface area contributed by atoms with Crippen molar-refractivity contribution in [3.05, 3.63) is 47.2 Å². The number of carbonyl (C=O) groups is 1. The van der Waals surface area contributed by atoms with Crippen molar-refractivity contribution in [3.8, 4) is 33.2 Å². The maximum Gasteiger partial charge on any atom is 0.434 e. The molecule has 0 radical (unpaired) electrons. The Balaban J connectivity index is 1.91. The van der Waals surface area contributed by atoms with Gasteiger partial charge < -0.3 is 9.73 Å². The molecule has 4 aromatic heterocycles. The first-order valence-electron chi connectivity index (χ1n) is 9.76. The number of hydrogen-bond donors (Lipinski definition) is 1. The van der Waals surface area contributed by atoms with Crippen LogP contribution >= 0.6 is 11.3 Å². The van der Waals surface area contributed by atoms with Gasteiger partial charge in [0.1, 0.15) is 10.8 Å². The second-order valence-corrected chi connectivity index (χ2v) is 7.89. The molecule has 170 valence electrons. The van der Waals surface area contributed by atoms with Gasteiger partial charge in [0.05, 0.1) is 5.56 Å². The van der Waals surface area contributed by atoms with Gasteiger partial charge in [0.25, 0.3) is 0 Å². The highest BCUT2D eigenvalue weighted by Crippen LogP contribution is 2.40. The molecule has 0 bridgehead atoms. The van der Waals surface area contributed by atoms with Crippen LogP contribution in [0.4, 0.5) is 19.0 Å². The summed E-state index contributed by atoms with van der Waals surface area (Å²) in [6.07, 6.45) is -0.946. The number of carbonyl (C=O) groups excluding carboxylic acids is 1. The lowest BCUT2D eigenvalue weighted by Gasteiger charge is -2.13. The number of hydrogen-bond acceptors (Lipinski definition) is 8. The summed E-state index contributed by atoms with van der Waals surface area (Å²) in [5.41, 5.74) is 1.77. The molecular formula is C21H17F3N6O2S. The first kappa shape index (κ1) is 22.5. The summed E-state index contributed by atoms with van der Waals surface area (Å²) in [5, 5.41) is 11.5. The Bertz CT molecular complexity index is 1330. The molecule has 0 aliphatic carbocycles. The Morgan fingerprint density at radius 2 is 1.91 bits per heavy atom. The zero-order chi connectivity index (χ0) is 23.8. The zero-order valence-electron chi connectivity index (χ0n) is 17.7. The fourth-order valence-electron chi connectivity index (χ4n) is 3.16. The molecule has 33 heavy (non-hydrogen) atoms. The van der Waals surface area contributed by atoms with Crippen LogP contribution in [0, 0.1) is 6.92 Å². The number of halogens is 3. The molecule has 0 spiro atoms. The Morgan fingerprint density at radius 1 is 1.12 bits per heavy atom. The fraction of sp³-hybridized carbons (Fsp3) is 0.238. The first-order valence-corrected chi connectivity index (χ1v) is 10.6. The van der Waals surface area contributed by atoms with E-state index in [1.165, 1.54) is 19.2 Å². The van der Waals surface area contributed by atoms with Gasteiger partial charge in [-0.05, 0) is 18.6 Å². The summed E-state index contributed by atoms with van der Waals surface area (Å²) in [6.45, 7) is 4.89. The molecular weight excluding hydrogens is 457 g/mol. The van der Waals surface area contributed by atoms with E-state index in [9.17, 15) is 18.0 Å². The molecule has 8 nitrogen and oxygen atoms in total. The van der Waals surface area contributed by atoms with Gasteiger partial charge in [-0.3, -0.25) is 9.78 Å². The number of alkyl halides is 3. The molecule has 1 N–H and O–H groups in total. The van der Waals surface area contributed by atoms with Crippen LogP contribution in [0.3, 0.4) is 0 Å². The second-order valence-electron chi connectivity index (χ2n) is 7.03. The summed E-state index contributed by atoms with van der Waals surface area (Å²) < 4.78 is 45.1. The van der Waals surface area contributed by atoms with Gasteiger partial charge in [-0.25, -0.2) is 9.97 Å². The summed E-state index contributed by atoms with van der Waals surface area (Å²) >= 11 is 0.850. The van der Waals surface area contributed by atoms with Gasteiger partial charge in [-0.1, -0.05) is 6.92 Å². The third kappa shape index (κ3) is 4.75. The quantitative estimate of drug-likeness (QED) is 0.425. The number of rotatable bonds is 5. The second kappa shape index (κ2) is 8.70. The third-order valence-electron chi connectivity index (χ3n) is 4.60. The van der Waals surface area contributed by atoms with Gasteiger partial charge in [0.2, 0.25) is 17.7 Å². The molecule has 0 atom stereocenters. The molecule has 1 amide bonds. The molecule has 0 aromatic carbocycles. The number of anilines is 1. The van der Waals surface area contributed by atoms with E-state index in [0.717, 1.165) is 16.7 Å². The maximum absolute atomic E-state index is 13.2. The van der Waals surface area contributed by atoms with Crippen LogP contribution in [0.15, 0.2) is 34.3 Å². The lowest BCUT2D eigenvalue weighted by Crippen LogP contribution is -2.08. The van der Waals surface area contributed by atoms with E-state index < -0.39 is 11.9 Å².